The second-order valence-electron chi connectivity index (χ2n) is 2.82. The number of hydrogen-bond donors (Lipinski definition) is 1. The maximum Gasteiger partial charge on any atom is 0.471 e. The van der Waals surface area contributed by atoms with Crippen LogP contribution in [-0.2, 0) is 4.79 Å². The molecule has 0 saturated heterocycles. The molecule has 1 amide bonds. The molecule has 1 rings (SSSR count). The molecule has 0 saturated carbocycles. The van der Waals surface area contributed by atoms with Gasteiger partial charge in [0.15, 0.2) is 0 Å². The minimum Gasteiger partial charge on any atom is -0.340 e. The lowest BCUT2D eigenvalue weighted by Gasteiger charge is -2.13. The number of nitrogens with one attached hydrogen (secondary N) is 1. The van der Waals surface area contributed by atoms with Crippen LogP contribution in [0.25, 0.3) is 0 Å². The van der Waals surface area contributed by atoms with E-state index in [1.54, 1.807) is 5.32 Å². The Morgan fingerprint density at radius 2 is 2.13 bits per heavy atom. The van der Waals surface area contributed by atoms with Crippen LogP contribution in [-0.4, -0.2) is 22.1 Å². The van der Waals surface area contributed by atoms with Crippen LogP contribution in [0, 0.1) is 0 Å². The van der Waals surface area contributed by atoms with E-state index < -0.39 is 18.1 Å². The molecule has 0 aliphatic carbocycles. The predicted octanol–water partition coefficient (Wildman–Crippen LogP) is 1.22. The molecule has 82 valence electrons. The normalized spacial score (nSPS) is 13.3. The summed E-state index contributed by atoms with van der Waals surface area (Å²) >= 11 is 0. The maximum atomic E-state index is 11.9. The molecule has 0 radical (unpaired) electrons. The molecule has 1 aromatic rings. The van der Waals surface area contributed by atoms with E-state index in [1.165, 1.54) is 25.5 Å². The summed E-state index contributed by atoms with van der Waals surface area (Å²) in [4.78, 5) is 18.0. The van der Waals surface area contributed by atoms with Crippen molar-refractivity contribution in [2.24, 2.45) is 0 Å². The van der Waals surface area contributed by atoms with Gasteiger partial charge in [0.25, 0.3) is 0 Å². The number of aromatic nitrogens is 2. The number of carbonyl (C=O) groups excluding carboxylic acids is 1. The Kier molecular flexibility index (Phi) is 3.23. The topological polar surface area (TPSA) is 54.9 Å². The Labute approximate surface area is 83.5 Å². The first-order valence-corrected chi connectivity index (χ1v) is 4.05. The van der Waals surface area contributed by atoms with Crippen LogP contribution in [0.5, 0.6) is 0 Å². The van der Waals surface area contributed by atoms with Crippen molar-refractivity contribution in [3.05, 3.63) is 24.3 Å². The SMILES string of the molecule is CC(NC(=O)C(F)(F)F)c1cnccn1. The summed E-state index contributed by atoms with van der Waals surface area (Å²) in [6.07, 6.45) is -0.856. The van der Waals surface area contributed by atoms with Crippen molar-refractivity contribution in [2.45, 2.75) is 19.1 Å². The van der Waals surface area contributed by atoms with E-state index in [9.17, 15) is 18.0 Å². The second-order valence-corrected chi connectivity index (χ2v) is 2.82. The summed E-state index contributed by atoms with van der Waals surface area (Å²) < 4.78 is 35.6. The lowest BCUT2D eigenvalue weighted by molar-refractivity contribution is -0.174. The van der Waals surface area contributed by atoms with Crippen molar-refractivity contribution in [3.8, 4) is 0 Å². The highest BCUT2D eigenvalue weighted by Crippen LogP contribution is 2.16. The van der Waals surface area contributed by atoms with Crippen LogP contribution in [0.3, 0.4) is 0 Å². The molecule has 0 aliphatic heterocycles. The molecule has 15 heavy (non-hydrogen) atoms. The molecule has 4 nitrogen and oxygen atoms in total. The summed E-state index contributed by atoms with van der Waals surface area (Å²) in [6, 6.07) is -0.826. The highest BCUT2D eigenvalue weighted by molar-refractivity contribution is 5.81. The predicted molar refractivity (Wildman–Crippen MR) is 44.6 cm³/mol. The van der Waals surface area contributed by atoms with Gasteiger partial charge in [0, 0.05) is 12.4 Å². The van der Waals surface area contributed by atoms with Crippen LogP contribution in [0.15, 0.2) is 18.6 Å². The highest BCUT2D eigenvalue weighted by Gasteiger charge is 2.39. The number of amides is 1. The minimum atomic E-state index is -4.88. The zero-order valence-electron chi connectivity index (χ0n) is 7.75. The standard InChI is InChI=1S/C8H8F3N3O/c1-5(6-4-12-2-3-13-6)14-7(15)8(9,10)11/h2-5H,1H3,(H,14,15). The van der Waals surface area contributed by atoms with Gasteiger partial charge < -0.3 is 5.32 Å². The first-order chi connectivity index (χ1) is 6.91. The van der Waals surface area contributed by atoms with Crippen LogP contribution >= 0.6 is 0 Å². The Balaban J connectivity index is 2.65. The van der Waals surface area contributed by atoms with Gasteiger partial charge in [-0.1, -0.05) is 0 Å². The molecule has 7 heteroatoms. The first-order valence-electron chi connectivity index (χ1n) is 4.05. The number of alkyl halides is 3. The molecule has 1 unspecified atom stereocenters. The highest BCUT2D eigenvalue weighted by atomic mass is 19.4. The van der Waals surface area contributed by atoms with Crippen LogP contribution in [0.1, 0.15) is 18.7 Å². The Bertz CT molecular complexity index is 339. The Hall–Kier alpha value is -1.66. The third-order valence-electron chi connectivity index (χ3n) is 1.63. The van der Waals surface area contributed by atoms with E-state index in [-0.39, 0.29) is 5.69 Å². The molecule has 0 aliphatic rings. The number of hydrogen-bond acceptors (Lipinski definition) is 3. The smallest absolute Gasteiger partial charge is 0.340 e. The van der Waals surface area contributed by atoms with Crippen LogP contribution < -0.4 is 5.32 Å². The van der Waals surface area contributed by atoms with Gasteiger partial charge in [-0.25, -0.2) is 0 Å². The molecule has 0 fully saturated rings. The summed E-state index contributed by atoms with van der Waals surface area (Å²) in [5.74, 6) is -1.99. The third-order valence-corrected chi connectivity index (χ3v) is 1.63. The molecular formula is C8H8F3N3O. The largest absolute Gasteiger partial charge is 0.471 e. The van der Waals surface area contributed by atoms with Gasteiger partial charge in [-0.15, -0.1) is 0 Å². The average Bonchev–Trinajstić information content (AvgIpc) is 2.17. The fourth-order valence-corrected chi connectivity index (χ4v) is 0.887. The van der Waals surface area contributed by atoms with Crippen molar-refractivity contribution in [1.29, 1.82) is 0 Å². The molecule has 0 aromatic carbocycles. The van der Waals surface area contributed by atoms with Crippen LogP contribution in [0.2, 0.25) is 0 Å². The monoisotopic (exact) mass is 219 g/mol. The number of rotatable bonds is 2. The minimum absolute atomic E-state index is 0.273. The molecule has 1 N–H and O–H groups in total. The van der Waals surface area contributed by atoms with Gasteiger partial charge in [0.2, 0.25) is 0 Å². The number of halogens is 3. The molecule has 1 aromatic heterocycles. The lowest BCUT2D eigenvalue weighted by Crippen LogP contribution is -2.38. The third kappa shape index (κ3) is 3.19. The lowest BCUT2D eigenvalue weighted by atomic mass is 10.2. The first kappa shape index (κ1) is 11.4. The van der Waals surface area contributed by atoms with E-state index >= 15 is 0 Å². The van der Waals surface area contributed by atoms with Crippen molar-refractivity contribution in [1.82, 2.24) is 15.3 Å². The van der Waals surface area contributed by atoms with E-state index in [1.807, 2.05) is 0 Å². The fraction of sp³-hybridized carbons (Fsp3) is 0.375. The zero-order valence-corrected chi connectivity index (χ0v) is 7.75. The number of carbonyl (C=O) groups is 1. The van der Waals surface area contributed by atoms with Gasteiger partial charge in [-0.3, -0.25) is 14.8 Å². The van der Waals surface area contributed by atoms with Crippen molar-refractivity contribution < 1.29 is 18.0 Å². The van der Waals surface area contributed by atoms with Crippen molar-refractivity contribution in [2.75, 3.05) is 0 Å². The van der Waals surface area contributed by atoms with E-state index in [2.05, 4.69) is 9.97 Å². The van der Waals surface area contributed by atoms with Crippen molar-refractivity contribution >= 4 is 5.91 Å². The molecular weight excluding hydrogens is 211 g/mol. The zero-order chi connectivity index (χ0) is 11.5. The van der Waals surface area contributed by atoms with E-state index in [4.69, 9.17) is 0 Å². The van der Waals surface area contributed by atoms with Gasteiger partial charge in [-0.05, 0) is 6.92 Å². The molecule has 0 bridgehead atoms. The van der Waals surface area contributed by atoms with Gasteiger partial charge in [0.05, 0.1) is 17.9 Å². The molecule has 0 spiro atoms. The number of nitrogens with zero attached hydrogens (tertiary/aromatic N) is 2. The average molecular weight is 219 g/mol. The Morgan fingerprint density at radius 3 is 2.60 bits per heavy atom. The molecule has 1 heterocycles. The maximum absolute atomic E-state index is 11.9. The summed E-state index contributed by atoms with van der Waals surface area (Å²) in [6.45, 7) is 1.40. The van der Waals surface area contributed by atoms with E-state index in [0.29, 0.717) is 0 Å². The Morgan fingerprint density at radius 1 is 1.47 bits per heavy atom. The van der Waals surface area contributed by atoms with Gasteiger partial charge in [0.1, 0.15) is 0 Å². The molecule has 1 atom stereocenters. The summed E-state index contributed by atoms with van der Waals surface area (Å²) in [7, 11) is 0. The summed E-state index contributed by atoms with van der Waals surface area (Å²) in [5, 5.41) is 1.77. The summed E-state index contributed by atoms with van der Waals surface area (Å²) in [5.41, 5.74) is 0.273. The van der Waals surface area contributed by atoms with E-state index in [0.717, 1.165) is 0 Å². The van der Waals surface area contributed by atoms with Gasteiger partial charge >= 0.3 is 12.1 Å². The second kappa shape index (κ2) is 4.24. The van der Waals surface area contributed by atoms with Crippen LogP contribution in [0.4, 0.5) is 13.2 Å². The van der Waals surface area contributed by atoms with Gasteiger partial charge in [-0.2, -0.15) is 13.2 Å². The van der Waals surface area contributed by atoms with Crippen molar-refractivity contribution in [3.63, 3.8) is 0 Å². The quantitative estimate of drug-likeness (QED) is 0.813. The fourth-order valence-electron chi connectivity index (χ4n) is 0.887.